The number of nitrogens with one attached hydrogen (secondary N) is 1. The van der Waals surface area contributed by atoms with Crippen LogP contribution in [0.25, 0.3) is 0 Å². The standard InChI is InChI=1S/C14H27NO6/c1-3-5-18-7-9-20-10-8-19-6-4-15-14(17)12-21-11-13(2)16/h3-12H2,1-2H3,(H,15,17). The lowest BCUT2D eigenvalue weighted by atomic mass is 10.5. The summed E-state index contributed by atoms with van der Waals surface area (Å²) >= 11 is 0. The van der Waals surface area contributed by atoms with Gasteiger partial charge in [-0.05, 0) is 13.3 Å². The Hall–Kier alpha value is -1.02. The van der Waals surface area contributed by atoms with Gasteiger partial charge >= 0.3 is 0 Å². The van der Waals surface area contributed by atoms with E-state index in [4.69, 9.17) is 18.9 Å². The average Bonchev–Trinajstić information content (AvgIpc) is 2.44. The van der Waals surface area contributed by atoms with E-state index in [0.29, 0.717) is 39.6 Å². The summed E-state index contributed by atoms with van der Waals surface area (Å²) in [6, 6.07) is 0. The Balaban J connectivity index is 3.14. The van der Waals surface area contributed by atoms with E-state index in [2.05, 4.69) is 12.2 Å². The molecule has 0 saturated heterocycles. The smallest absolute Gasteiger partial charge is 0.246 e. The predicted octanol–water partition coefficient (Wildman–Crippen LogP) is 0.168. The van der Waals surface area contributed by atoms with E-state index in [-0.39, 0.29) is 24.9 Å². The topological polar surface area (TPSA) is 83.1 Å². The molecule has 0 rings (SSSR count). The number of carbonyl (C=O) groups is 2. The fourth-order valence-corrected chi connectivity index (χ4v) is 1.29. The lowest BCUT2D eigenvalue weighted by Crippen LogP contribution is -2.31. The molecule has 0 fully saturated rings. The van der Waals surface area contributed by atoms with Gasteiger partial charge in [-0.25, -0.2) is 0 Å². The van der Waals surface area contributed by atoms with Crippen molar-refractivity contribution >= 4 is 11.7 Å². The quantitative estimate of drug-likeness (QED) is 0.434. The third-order valence-corrected chi connectivity index (χ3v) is 2.20. The van der Waals surface area contributed by atoms with Crippen LogP contribution in [-0.4, -0.2) is 71.1 Å². The number of hydrogen-bond acceptors (Lipinski definition) is 6. The SMILES string of the molecule is CCCOCCOCCOCCNC(=O)COCC(C)=O. The van der Waals surface area contributed by atoms with Crippen molar-refractivity contribution in [3.05, 3.63) is 0 Å². The maximum atomic E-state index is 11.2. The molecule has 0 radical (unpaired) electrons. The van der Waals surface area contributed by atoms with E-state index in [9.17, 15) is 9.59 Å². The fraction of sp³-hybridized carbons (Fsp3) is 0.857. The van der Waals surface area contributed by atoms with Crippen molar-refractivity contribution in [2.24, 2.45) is 0 Å². The largest absolute Gasteiger partial charge is 0.379 e. The molecule has 0 unspecified atom stereocenters. The third-order valence-electron chi connectivity index (χ3n) is 2.20. The first-order valence-corrected chi connectivity index (χ1v) is 7.24. The Bertz CT molecular complexity index is 272. The highest BCUT2D eigenvalue weighted by atomic mass is 16.5. The molecule has 0 aliphatic rings. The molecule has 0 bridgehead atoms. The van der Waals surface area contributed by atoms with Crippen LogP contribution in [0.15, 0.2) is 0 Å². The Morgan fingerprint density at radius 3 is 1.95 bits per heavy atom. The Morgan fingerprint density at radius 2 is 1.38 bits per heavy atom. The van der Waals surface area contributed by atoms with Crippen molar-refractivity contribution in [1.29, 1.82) is 0 Å². The van der Waals surface area contributed by atoms with Crippen molar-refractivity contribution in [2.75, 3.05) is 59.4 Å². The molecule has 1 N–H and O–H groups in total. The van der Waals surface area contributed by atoms with E-state index in [1.165, 1.54) is 6.92 Å². The molecule has 0 aromatic carbocycles. The molecule has 7 heteroatoms. The molecule has 0 saturated carbocycles. The average molecular weight is 305 g/mol. The molecule has 0 aliphatic heterocycles. The molecule has 0 aliphatic carbocycles. The fourth-order valence-electron chi connectivity index (χ4n) is 1.29. The normalized spacial score (nSPS) is 10.6. The highest BCUT2D eigenvalue weighted by Crippen LogP contribution is 1.83. The minimum absolute atomic E-state index is 0.0385. The molecule has 1 amide bonds. The van der Waals surface area contributed by atoms with Crippen molar-refractivity contribution in [3.8, 4) is 0 Å². The zero-order chi connectivity index (χ0) is 15.8. The monoisotopic (exact) mass is 305 g/mol. The van der Waals surface area contributed by atoms with Crippen LogP contribution < -0.4 is 5.32 Å². The minimum atomic E-state index is -0.260. The highest BCUT2D eigenvalue weighted by molar-refractivity contribution is 5.79. The number of hydrogen-bond donors (Lipinski definition) is 1. The lowest BCUT2D eigenvalue weighted by molar-refractivity contribution is -0.129. The molecule has 0 heterocycles. The van der Waals surface area contributed by atoms with Gasteiger partial charge < -0.3 is 24.3 Å². The molecule has 0 spiro atoms. The molecular formula is C14H27NO6. The molecule has 7 nitrogen and oxygen atoms in total. The molecule has 124 valence electrons. The van der Waals surface area contributed by atoms with Crippen LogP contribution in [0, 0.1) is 0 Å². The van der Waals surface area contributed by atoms with Crippen LogP contribution in [0.3, 0.4) is 0 Å². The summed E-state index contributed by atoms with van der Waals surface area (Å²) in [4.78, 5) is 21.8. The van der Waals surface area contributed by atoms with Gasteiger partial charge in [0.25, 0.3) is 0 Å². The van der Waals surface area contributed by atoms with Crippen molar-refractivity contribution in [3.63, 3.8) is 0 Å². The van der Waals surface area contributed by atoms with Crippen LogP contribution in [0.4, 0.5) is 0 Å². The van der Waals surface area contributed by atoms with Gasteiger partial charge in [-0.15, -0.1) is 0 Å². The minimum Gasteiger partial charge on any atom is -0.379 e. The summed E-state index contributed by atoms with van der Waals surface area (Å²) in [5.74, 6) is -0.365. The van der Waals surface area contributed by atoms with E-state index in [0.717, 1.165) is 13.0 Å². The lowest BCUT2D eigenvalue weighted by Gasteiger charge is -2.07. The molecule has 0 aromatic rings. The van der Waals surface area contributed by atoms with Gasteiger partial charge in [0, 0.05) is 13.2 Å². The second kappa shape index (κ2) is 15.4. The zero-order valence-corrected chi connectivity index (χ0v) is 13.0. The number of ketones is 1. The Labute approximate surface area is 126 Å². The van der Waals surface area contributed by atoms with Gasteiger partial charge in [0.15, 0.2) is 5.78 Å². The third kappa shape index (κ3) is 16.9. The molecule has 0 atom stereocenters. The number of rotatable bonds is 15. The first-order valence-electron chi connectivity index (χ1n) is 7.24. The predicted molar refractivity (Wildman–Crippen MR) is 77.3 cm³/mol. The van der Waals surface area contributed by atoms with E-state index < -0.39 is 0 Å². The van der Waals surface area contributed by atoms with Crippen molar-refractivity contribution in [1.82, 2.24) is 5.32 Å². The van der Waals surface area contributed by atoms with Gasteiger partial charge in [0.05, 0.1) is 33.0 Å². The zero-order valence-electron chi connectivity index (χ0n) is 13.0. The highest BCUT2D eigenvalue weighted by Gasteiger charge is 2.01. The summed E-state index contributed by atoms with van der Waals surface area (Å²) in [5, 5.41) is 2.62. The summed E-state index contributed by atoms with van der Waals surface area (Å²) in [6.07, 6.45) is 1.01. The number of amides is 1. The van der Waals surface area contributed by atoms with Crippen LogP contribution in [0.2, 0.25) is 0 Å². The second-order valence-corrected chi connectivity index (χ2v) is 4.38. The summed E-state index contributed by atoms with van der Waals surface area (Å²) < 4.78 is 20.7. The van der Waals surface area contributed by atoms with Crippen LogP contribution >= 0.6 is 0 Å². The Morgan fingerprint density at radius 1 is 0.810 bits per heavy atom. The van der Waals surface area contributed by atoms with Crippen LogP contribution in [-0.2, 0) is 28.5 Å². The van der Waals surface area contributed by atoms with Gasteiger partial charge in [0.2, 0.25) is 5.91 Å². The number of ether oxygens (including phenoxy) is 4. The summed E-state index contributed by atoms with van der Waals surface area (Å²) in [5.41, 5.74) is 0. The van der Waals surface area contributed by atoms with Gasteiger partial charge in [-0.1, -0.05) is 6.92 Å². The van der Waals surface area contributed by atoms with E-state index in [1.807, 2.05) is 0 Å². The second-order valence-electron chi connectivity index (χ2n) is 4.38. The maximum absolute atomic E-state index is 11.2. The first kappa shape index (κ1) is 20.0. The number of carbonyl (C=O) groups excluding carboxylic acids is 2. The summed E-state index contributed by atoms with van der Waals surface area (Å²) in [7, 11) is 0. The van der Waals surface area contributed by atoms with Gasteiger partial charge in [-0.3, -0.25) is 9.59 Å². The maximum Gasteiger partial charge on any atom is 0.246 e. The molecule has 21 heavy (non-hydrogen) atoms. The van der Waals surface area contributed by atoms with Gasteiger partial charge in [0.1, 0.15) is 13.2 Å². The van der Waals surface area contributed by atoms with Crippen LogP contribution in [0.5, 0.6) is 0 Å². The van der Waals surface area contributed by atoms with E-state index >= 15 is 0 Å². The van der Waals surface area contributed by atoms with Crippen molar-refractivity contribution in [2.45, 2.75) is 20.3 Å². The summed E-state index contributed by atoms with van der Waals surface area (Å²) in [6.45, 7) is 7.04. The Kier molecular flexibility index (Phi) is 14.6. The van der Waals surface area contributed by atoms with E-state index in [1.54, 1.807) is 0 Å². The first-order chi connectivity index (χ1) is 10.2. The molecule has 0 aromatic heterocycles. The molecular weight excluding hydrogens is 278 g/mol. The van der Waals surface area contributed by atoms with Crippen LogP contribution in [0.1, 0.15) is 20.3 Å². The van der Waals surface area contributed by atoms with Crippen molar-refractivity contribution < 1.29 is 28.5 Å². The van der Waals surface area contributed by atoms with Gasteiger partial charge in [-0.2, -0.15) is 0 Å². The number of Topliss-reactive ketones (excluding diaryl/α,β-unsaturated/α-hetero) is 1.